The molecular weight excluding hydrogens is 667 g/mol. The summed E-state index contributed by atoms with van der Waals surface area (Å²) < 4.78 is 8.93. The predicted octanol–water partition coefficient (Wildman–Crippen LogP) is 5.51. The van der Waals surface area contributed by atoms with E-state index >= 15 is 0 Å². The predicted molar refractivity (Wildman–Crippen MR) is 230 cm³/mol. The van der Waals surface area contributed by atoms with E-state index in [1.165, 1.54) is 0 Å². The van der Waals surface area contributed by atoms with E-state index in [-0.39, 0.29) is 27.3 Å². The Morgan fingerprint density at radius 2 is 0.945 bits per heavy atom. The van der Waals surface area contributed by atoms with Gasteiger partial charge in [0, 0.05) is 38.2 Å². The Morgan fingerprint density at radius 3 is 1.62 bits per heavy atom. The second kappa shape index (κ2) is 12.8. The maximum absolute atomic E-state index is 6.72. The van der Waals surface area contributed by atoms with Gasteiger partial charge in [-0.05, 0) is 47.5 Å². The molecular formula is C45H23B5N4O. The lowest BCUT2D eigenvalue weighted by Gasteiger charge is -2.21. The van der Waals surface area contributed by atoms with Crippen LogP contribution in [0.2, 0.25) is 0 Å². The lowest BCUT2D eigenvalue weighted by atomic mass is 9.59. The molecule has 3 aromatic heterocycles. The number of benzene rings is 7. The Balaban J connectivity index is 1.18. The topological polar surface area (TPSA) is 56.7 Å². The van der Waals surface area contributed by atoms with E-state index in [0.717, 1.165) is 71.7 Å². The number of hydrogen-bond donors (Lipinski definition) is 0. The van der Waals surface area contributed by atoms with Crippen LogP contribution in [0.25, 0.3) is 94.7 Å². The van der Waals surface area contributed by atoms with Crippen LogP contribution >= 0.6 is 0 Å². The summed E-state index contributed by atoms with van der Waals surface area (Å²) in [6.07, 6.45) is 0. The highest BCUT2D eigenvalue weighted by Crippen LogP contribution is 2.40. The van der Waals surface area contributed by atoms with Crippen molar-refractivity contribution in [2.75, 3.05) is 0 Å². The highest BCUT2D eigenvalue weighted by molar-refractivity contribution is 6.68. The molecule has 7 aromatic carbocycles. The maximum Gasteiger partial charge on any atom is 0.164 e. The number of rotatable bonds is 5. The molecule has 0 spiro atoms. The first kappa shape index (κ1) is 33.1. The molecule has 244 valence electrons. The molecule has 0 atom stereocenters. The van der Waals surface area contributed by atoms with Gasteiger partial charge >= 0.3 is 0 Å². The first-order valence-corrected chi connectivity index (χ1v) is 17.7. The molecule has 0 amide bonds. The molecule has 0 unspecified atom stereocenters. The summed E-state index contributed by atoms with van der Waals surface area (Å²) in [6, 6.07) is 46.5. The van der Waals surface area contributed by atoms with Crippen molar-refractivity contribution in [1.82, 2.24) is 19.5 Å². The molecule has 55 heavy (non-hydrogen) atoms. The maximum atomic E-state index is 6.72. The molecule has 0 aliphatic rings. The third-order valence-corrected chi connectivity index (χ3v) is 10.3. The summed E-state index contributed by atoms with van der Waals surface area (Å²) >= 11 is 0. The molecule has 5 nitrogen and oxygen atoms in total. The Hall–Kier alpha value is -6.53. The number of furan rings is 1. The van der Waals surface area contributed by atoms with Gasteiger partial charge in [0.05, 0.1) is 16.7 Å². The van der Waals surface area contributed by atoms with E-state index in [1.807, 2.05) is 97.1 Å². The van der Waals surface area contributed by atoms with E-state index in [4.69, 9.17) is 58.6 Å². The molecule has 0 fully saturated rings. The van der Waals surface area contributed by atoms with Crippen molar-refractivity contribution in [1.29, 1.82) is 0 Å². The fraction of sp³-hybridized carbons (Fsp3) is 0. The van der Waals surface area contributed by atoms with Crippen LogP contribution in [0.15, 0.2) is 144 Å². The van der Waals surface area contributed by atoms with Crippen molar-refractivity contribution in [3.63, 3.8) is 0 Å². The normalized spacial score (nSPS) is 11.6. The number of fused-ring (bicyclic) bond motifs is 6. The van der Waals surface area contributed by atoms with Gasteiger partial charge in [-0.1, -0.05) is 114 Å². The van der Waals surface area contributed by atoms with Crippen LogP contribution in [0.1, 0.15) is 0 Å². The zero-order chi connectivity index (χ0) is 37.4. The summed E-state index contributed by atoms with van der Waals surface area (Å²) in [5.41, 5.74) is 9.39. The van der Waals surface area contributed by atoms with Crippen LogP contribution < -0.4 is 27.3 Å². The van der Waals surface area contributed by atoms with Gasteiger partial charge in [0.2, 0.25) is 0 Å². The minimum absolute atomic E-state index is 0.178. The van der Waals surface area contributed by atoms with Gasteiger partial charge in [0.1, 0.15) is 44.8 Å². The molecule has 0 aliphatic heterocycles. The third-order valence-electron chi connectivity index (χ3n) is 10.3. The first-order chi connectivity index (χ1) is 26.9. The van der Waals surface area contributed by atoms with Crippen LogP contribution in [0.5, 0.6) is 0 Å². The molecule has 10 radical (unpaired) electrons. The van der Waals surface area contributed by atoms with E-state index in [1.54, 1.807) is 0 Å². The zero-order valence-electron chi connectivity index (χ0n) is 29.4. The Morgan fingerprint density at radius 1 is 0.400 bits per heavy atom. The second-order valence-corrected chi connectivity index (χ2v) is 13.5. The lowest BCUT2D eigenvalue weighted by Crippen LogP contribution is -2.55. The highest BCUT2D eigenvalue weighted by atomic mass is 16.3. The van der Waals surface area contributed by atoms with Gasteiger partial charge in [-0.3, -0.25) is 0 Å². The molecule has 0 N–H and O–H groups in total. The van der Waals surface area contributed by atoms with Gasteiger partial charge in [0.25, 0.3) is 0 Å². The monoisotopic (exact) mass is 690 g/mol. The molecule has 3 heterocycles. The number of nitrogens with zero attached hydrogens (tertiary/aromatic N) is 4. The number of aromatic nitrogens is 4. The molecule has 0 saturated carbocycles. The Labute approximate surface area is 323 Å². The van der Waals surface area contributed by atoms with Gasteiger partial charge in [0.15, 0.2) is 23.1 Å². The van der Waals surface area contributed by atoms with Gasteiger partial charge in [-0.2, -0.15) is 0 Å². The largest absolute Gasteiger partial charge is 0.454 e. The van der Waals surface area contributed by atoms with E-state index in [0.29, 0.717) is 23.0 Å². The van der Waals surface area contributed by atoms with Crippen molar-refractivity contribution in [3.05, 3.63) is 140 Å². The SMILES string of the molecule is [B]c1c([B])c([B])c(-c2ccc3c4ccccc4n(-c4cccc5c4oc4ccc(-c6nc(-c7ccccc7)nc(-c7ccccc7)n6)cc45)c3c2)c([B])c1[B]. The van der Waals surface area contributed by atoms with Gasteiger partial charge < -0.3 is 8.98 Å². The smallest absolute Gasteiger partial charge is 0.164 e. The summed E-state index contributed by atoms with van der Waals surface area (Å²) in [7, 11) is 31.7. The van der Waals surface area contributed by atoms with Crippen molar-refractivity contribution in [3.8, 4) is 51.0 Å². The third kappa shape index (κ3) is 5.27. The number of para-hydroxylation sites is 2. The molecule has 10 rings (SSSR count). The van der Waals surface area contributed by atoms with Crippen molar-refractivity contribution < 1.29 is 4.42 Å². The first-order valence-electron chi connectivity index (χ1n) is 17.7. The second-order valence-electron chi connectivity index (χ2n) is 13.5. The van der Waals surface area contributed by atoms with Crippen LogP contribution in [-0.4, -0.2) is 58.8 Å². The minimum atomic E-state index is 0.178. The summed E-state index contributed by atoms with van der Waals surface area (Å²) in [4.78, 5) is 14.8. The molecule has 10 heteroatoms. The zero-order valence-corrected chi connectivity index (χ0v) is 29.4. The fourth-order valence-corrected chi connectivity index (χ4v) is 7.58. The standard InChI is InChI=1S/C45H23B5N4O/c46-37-36(38(47)40(49)41(50)39(37)48)26-18-20-29-28-14-7-8-16-32(28)54(34(29)23-26)33-17-9-15-30-31-22-27(19-21-35(31)55-42(30)33)45-52-43(24-10-3-1-4-11-24)51-44(53-45)25-12-5-2-6-13-25/h1-23H. The molecule has 0 saturated heterocycles. The number of hydrogen-bond acceptors (Lipinski definition) is 4. The lowest BCUT2D eigenvalue weighted by molar-refractivity contribution is 0.666. The van der Waals surface area contributed by atoms with Crippen molar-refractivity contribution in [2.45, 2.75) is 0 Å². The van der Waals surface area contributed by atoms with Crippen molar-refractivity contribution >= 4 is 110 Å². The molecule has 0 bridgehead atoms. The van der Waals surface area contributed by atoms with Crippen LogP contribution in [0, 0.1) is 0 Å². The van der Waals surface area contributed by atoms with Gasteiger partial charge in [-0.15, -0.1) is 16.4 Å². The quantitative estimate of drug-likeness (QED) is 0.224. The molecule has 0 aliphatic carbocycles. The summed E-state index contributed by atoms with van der Waals surface area (Å²) in [6.45, 7) is 0. The fourth-order valence-electron chi connectivity index (χ4n) is 7.58. The van der Waals surface area contributed by atoms with E-state index in [9.17, 15) is 0 Å². The van der Waals surface area contributed by atoms with Crippen LogP contribution in [0.4, 0.5) is 0 Å². The average molecular weight is 690 g/mol. The summed E-state index contributed by atoms with van der Waals surface area (Å²) in [5.74, 6) is 1.77. The van der Waals surface area contributed by atoms with Gasteiger partial charge in [-0.25, -0.2) is 15.0 Å². The van der Waals surface area contributed by atoms with Crippen molar-refractivity contribution in [2.24, 2.45) is 0 Å². The summed E-state index contributed by atoms with van der Waals surface area (Å²) in [5, 5.41) is 4.01. The highest BCUT2D eigenvalue weighted by Gasteiger charge is 2.21. The average Bonchev–Trinajstić information content (AvgIpc) is 3.78. The minimum Gasteiger partial charge on any atom is -0.454 e. The van der Waals surface area contributed by atoms with Crippen LogP contribution in [0.3, 0.4) is 0 Å². The Kier molecular flexibility index (Phi) is 7.70. The van der Waals surface area contributed by atoms with E-state index in [2.05, 4.69) is 47.0 Å². The van der Waals surface area contributed by atoms with Crippen LogP contribution in [-0.2, 0) is 0 Å². The molecule has 10 aromatic rings. The Bertz CT molecular complexity index is 3070. The van der Waals surface area contributed by atoms with E-state index < -0.39 is 0 Å².